The van der Waals surface area contributed by atoms with Gasteiger partial charge < -0.3 is 9.88 Å². The molecule has 7 nitrogen and oxygen atoms in total. The van der Waals surface area contributed by atoms with Gasteiger partial charge in [0.25, 0.3) is 0 Å². The molecule has 0 amide bonds. The van der Waals surface area contributed by atoms with Crippen molar-refractivity contribution in [3.8, 4) is 0 Å². The first-order valence-electron chi connectivity index (χ1n) is 7.97. The largest absolute Gasteiger partial charge is 0.356 e. The molecule has 0 saturated heterocycles. The summed E-state index contributed by atoms with van der Waals surface area (Å²) >= 11 is 0. The molecule has 2 aliphatic rings. The van der Waals surface area contributed by atoms with Crippen LogP contribution in [0.25, 0.3) is 11.0 Å². The van der Waals surface area contributed by atoms with Crippen molar-refractivity contribution in [2.24, 2.45) is 17.0 Å². The first-order chi connectivity index (χ1) is 10.9. The number of hydrogen-bond donors (Lipinski definition) is 2. The van der Waals surface area contributed by atoms with Crippen LogP contribution < -0.4 is 10.0 Å². The molecular weight excluding hydrogens is 314 g/mol. The average molecular weight is 335 g/mol. The van der Waals surface area contributed by atoms with Crippen LogP contribution in [0, 0.1) is 11.8 Å². The van der Waals surface area contributed by atoms with E-state index in [1.165, 1.54) is 0 Å². The minimum atomic E-state index is -3.45. The van der Waals surface area contributed by atoms with Crippen LogP contribution in [0.1, 0.15) is 25.7 Å². The maximum atomic E-state index is 11.9. The summed E-state index contributed by atoms with van der Waals surface area (Å²) in [7, 11) is -1.44. The molecule has 2 aliphatic carbocycles. The van der Waals surface area contributed by atoms with Crippen LogP contribution >= 0.6 is 0 Å². The standard InChI is InChI=1S/C15H21N5O2S/c1-20(15-12-4-5-17-14(12)18-8-19-15)11-6-10(7-11)13(9-2-3-9)23(16,21)22/h4-5,8-11,13H,2-3,6-7H2,1H3,(H2,16,21,22)(H,17,18,19). The molecule has 3 N–H and O–H groups in total. The predicted molar refractivity (Wildman–Crippen MR) is 88.4 cm³/mol. The highest BCUT2D eigenvalue weighted by atomic mass is 32.2. The molecule has 2 aromatic heterocycles. The number of fused-ring (bicyclic) bond motifs is 1. The Bertz CT molecular complexity index is 823. The Morgan fingerprint density at radius 3 is 2.70 bits per heavy atom. The summed E-state index contributed by atoms with van der Waals surface area (Å²) in [5.74, 6) is 1.34. The number of nitrogens with one attached hydrogen (secondary N) is 1. The minimum absolute atomic E-state index is 0.175. The number of sulfonamides is 1. The fourth-order valence-electron chi connectivity index (χ4n) is 3.87. The number of anilines is 1. The molecule has 0 radical (unpaired) electrons. The van der Waals surface area contributed by atoms with Gasteiger partial charge >= 0.3 is 0 Å². The van der Waals surface area contributed by atoms with Crippen molar-refractivity contribution in [2.45, 2.75) is 37.0 Å². The summed E-state index contributed by atoms with van der Waals surface area (Å²) in [5, 5.41) is 6.09. The predicted octanol–water partition coefficient (Wildman–Crippen LogP) is 1.24. The summed E-state index contributed by atoms with van der Waals surface area (Å²) in [4.78, 5) is 13.8. The summed E-state index contributed by atoms with van der Waals surface area (Å²) in [6.07, 6.45) is 7.10. The zero-order valence-electron chi connectivity index (χ0n) is 13.0. The van der Waals surface area contributed by atoms with Gasteiger partial charge in [0.05, 0.1) is 10.6 Å². The van der Waals surface area contributed by atoms with Gasteiger partial charge in [0.2, 0.25) is 10.0 Å². The lowest BCUT2D eigenvalue weighted by Crippen LogP contribution is -2.50. The van der Waals surface area contributed by atoms with E-state index in [-0.39, 0.29) is 17.1 Å². The van der Waals surface area contributed by atoms with E-state index >= 15 is 0 Å². The van der Waals surface area contributed by atoms with Gasteiger partial charge in [0, 0.05) is 19.3 Å². The molecule has 0 bridgehead atoms. The average Bonchev–Trinajstić information content (AvgIpc) is 3.14. The zero-order valence-corrected chi connectivity index (χ0v) is 13.8. The fraction of sp³-hybridized carbons (Fsp3) is 0.600. The third-order valence-electron chi connectivity index (χ3n) is 5.29. The molecule has 4 rings (SSSR count). The Labute approximate surface area is 135 Å². The van der Waals surface area contributed by atoms with Crippen molar-refractivity contribution in [3.05, 3.63) is 18.6 Å². The smallest absolute Gasteiger partial charge is 0.212 e. The van der Waals surface area contributed by atoms with E-state index in [2.05, 4.69) is 19.9 Å². The second-order valence-corrected chi connectivity index (χ2v) is 8.55. The quantitative estimate of drug-likeness (QED) is 0.855. The fourth-order valence-corrected chi connectivity index (χ4v) is 5.44. The number of nitrogens with zero attached hydrogens (tertiary/aromatic N) is 3. The van der Waals surface area contributed by atoms with E-state index in [0.717, 1.165) is 42.5 Å². The van der Waals surface area contributed by atoms with Crippen LogP contribution in [-0.2, 0) is 10.0 Å². The van der Waals surface area contributed by atoms with Gasteiger partial charge in [-0.1, -0.05) is 0 Å². The molecule has 0 aromatic carbocycles. The molecule has 2 heterocycles. The minimum Gasteiger partial charge on any atom is -0.356 e. The van der Waals surface area contributed by atoms with Crippen molar-refractivity contribution < 1.29 is 8.42 Å². The highest BCUT2D eigenvalue weighted by molar-refractivity contribution is 7.89. The number of hydrogen-bond acceptors (Lipinski definition) is 5. The van der Waals surface area contributed by atoms with Crippen LogP contribution in [0.2, 0.25) is 0 Å². The first kappa shape index (κ1) is 14.9. The SMILES string of the molecule is CN(c1ncnc2[nH]ccc12)C1CC(C(C2CC2)S(N)(=O)=O)C1. The maximum absolute atomic E-state index is 11.9. The van der Waals surface area contributed by atoms with E-state index in [1.807, 2.05) is 19.3 Å². The van der Waals surface area contributed by atoms with E-state index in [4.69, 9.17) is 5.14 Å². The topological polar surface area (TPSA) is 105 Å². The Morgan fingerprint density at radius 1 is 1.30 bits per heavy atom. The zero-order chi connectivity index (χ0) is 16.2. The van der Waals surface area contributed by atoms with Crippen molar-refractivity contribution in [2.75, 3.05) is 11.9 Å². The van der Waals surface area contributed by atoms with Crippen LogP contribution in [0.15, 0.2) is 18.6 Å². The normalized spacial score (nSPS) is 26.0. The number of primary sulfonamides is 1. The molecule has 124 valence electrons. The van der Waals surface area contributed by atoms with Gasteiger partial charge in [0.15, 0.2) is 0 Å². The number of nitrogens with two attached hydrogens (primary N) is 1. The number of aromatic nitrogens is 3. The van der Waals surface area contributed by atoms with Gasteiger partial charge in [-0.15, -0.1) is 0 Å². The van der Waals surface area contributed by atoms with Gasteiger partial charge in [0.1, 0.15) is 17.8 Å². The monoisotopic (exact) mass is 335 g/mol. The summed E-state index contributed by atoms with van der Waals surface area (Å²) < 4.78 is 23.7. The van der Waals surface area contributed by atoms with Crippen LogP contribution in [0.4, 0.5) is 5.82 Å². The molecule has 0 spiro atoms. The lowest BCUT2D eigenvalue weighted by Gasteiger charge is -2.44. The second kappa shape index (κ2) is 5.17. The Balaban J connectivity index is 1.50. The summed E-state index contributed by atoms with van der Waals surface area (Å²) in [6, 6.07) is 2.27. The van der Waals surface area contributed by atoms with E-state index in [9.17, 15) is 8.42 Å². The van der Waals surface area contributed by atoms with Gasteiger partial charge in [-0.2, -0.15) is 0 Å². The molecule has 23 heavy (non-hydrogen) atoms. The number of rotatable bonds is 5. The Hall–Kier alpha value is -1.67. The molecule has 2 fully saturated rings. The molecule has 1 atom stereocenters. The van der Waals surface area contributed by atoms with Crippen LogP contribution in [0.3, 0.4) is 0 Å². The first-order valence-corrected chi connectivity index (χ1v) is 9.58. The maximum Gasteiger partial charge on any atom is 0.212 e. The lowest BCUT2D eigenvalue weighted by molar-refractivity contribution is 0.235. The van der Waals surface area contributed by atoms with Gasteiger partial charge in [-0.05, 0) is 43.6 Å². The summed E-state index contributed by atoms with van der Waals surface area (Å²) in [6.45, 7) is 0. The van der Waals surface area contributed by atoms with Crippen LogP contribution in [0.5, 0.6) is 0 Å². The molecule has 2 aromatic rings. The van der Waals surface area contributed by atoms with Crippen molar-refractivity contribution in [3.63, 3.8) is 0 Å². The Morgan fingerprint density at radius 2 is 2.04 bits per heavy atom. The number of H-pyrrole nitrogens is 1. The molecule has 8 heteroatoms. The van der Waals surface area contributed by atoms with Crippen LogP contribution in [-0.4, -0.2) is 41.7 Å². The second-order valence-electron chi connectivity index (χ2n) is 6.82. The molecule has 2 saturated carbocycles. The molecule has 1 unspecified atom stereocenters. The highest BCUT2D eigenvalue weighted by Crippen LogP contribution is 2.47. The Kier molecular flexibility index (Phi) is 3.35. The van der Waals surface area contributed by atoms with E-state index < -0.39 is 10.0 Å². The van der Waals surface area contributed by atoms with E-state index in [1.54, 1.807) is 6.33 Å². The lowest BCUT2D eigenvalue weighted by atomic mass is 9.76. The molecular formula is C15H21N5O2S. The highest BCUT2D eigenvalue weighted by Gasteiger charge is 2.49. The van der Waals surface area contributed by atoms with Crippen molar-refractivity contribution in [1.82, 2.24) is 15.0 Å². The number of aromatic amines is 1. The van der Waals surface area contributed by atoms with E-state index in [0.29, 0.717) is 6.04 Å². The van der Waals surface area contributed by atoms with Crippen molar-refractivity contribution >= 4 is 26.9 Å². The van der Waals surface area contributed by atoms with Gasteiger partial charge in [-0.3, -0.25) is 0 Å². The van der Waals surface area contributed by atoms with Gasteiger partial charge in [-0.25, -0.2) is 23.5 Å². The third-order valence-corrected chi connectivity index (χ3v) is 6.82. The van der Waals surface area contributed by atoms with Crippen molar-refractivity contribution in [1.29, 1.82) is 0 Å². The molecule has 0 aliphatic heterocycles. The third kappa shape index (κ3) is 2.59. The summed E-state index contributed by atoms with van der Waals surface area (Å²) in [5.41, 5.74) is 0.818.